The van der Waals surface area contributed by atoms with Gasteiger partial charge >= 0.3 is 0 Å². The zero-order chi connectivity index (χ0) is 19.9. The van der Waals surface area contributed by atoms with Crippen molar-refractivity contribution in [2.45, 2.75) is 19.5 Å². The Morgan fingerprint density at radius 2 is 1.89 bits per heavy atom. The molecule has 0 aromatic heterocycles. The third-order valence-corrected chi connectivity index (χ3v) is 4.20. The zero-order valence-electron chi connectivity index (χ0n) is 15.7. The van der Waals surface area contributed by atoms with Crippen molar-refractivity contribution >= 4 is 17.9 Å². The molecule has 1 aliphatic rings. The molecular weight excluding hydrogens is 360 g/mol. The summed E-state index contributed by atoms with van der Waals surface area (Å²) < 4.78 is 15.7. The Morgan fingerprint density at radius 1 is 1.14 bits per heavy atom. The highest BCUT2D eigenvalue weighted by atomic mass is 16.7. The van der Waals surface area contributed by atoms with Gasteiger partial charge in [0.15, 0.2) is 11.5 Å². The van der Waals surface area contributed by atoms with E-state index in [0.717, 1.165) is 16.9 Å². The van der Waals surface area contributed by atoms with E-state index < -0.39 is 6.04 Å². The topological polar surface area (TPSA) is 85.9 Å². The number of hydrogen-bond acceptors (Lipinski definition) is 5. The minimum absolute atomic E-state index is 0.207. The van der Waals surface area contributed by atoms with Crippen molar-refractivity contribution in [3.63, 3.8) is 0 Å². The normalized spacial score (nSPS) is 13.2. The van der Waals surface area contributed by atoms with Crippen LogP contribution in [0.15, 0.2) is 48.5 Å². The van der Waals surface area contributed by atoms with Crippen molar-refractivity contribution in [2.24, 2.45) is 0 Å². The lowest BCUT2D eigenvalue weighted by Gasteiger charge is -2.13. The molecule has 3 rings (SSSR count). The van der Waals surface area contributed by atoms with E-state index in [2.05, 4.69) is 10.6 Å². The molecule has 0 aliphatic carbocycles. The van der Waals surface area contributed by atoms with Gasteiger partial charge in [0, 0.05) is 12.6 Å². The van der Waals surface area contributed by atoms with E-state index in [1.54, 1.807) is 26.2 Å². The van der Waals surface area contributed by atoms with Gasteiger partial charge in [0.1, 0.15) is 11.8 Å². The van der Waals surface area contributed by atoms with Crippen LogP contribution in [0.1, 0.15) is 18.1 Å². The summed E-state index contributed by atoms with van der Waals surface area (Å²) in [5.74, 6) is 1.48. The monoisotopic (exact) mass is 382 g/mol. The number of ether oxygens (including phenoxy) is 3. The van der Waals surface area contributed by atoms with Gasteiger partial charge in [0.2, 0.25) is 18.6 Å². The van der Waals surface area contributed by atoms with Gasteiger partial charge < -0.3 is 24.8 Å². The fourth-order valence-electron chi connectivity index (χ4n) is 2.61. The Balaban J connectivity index is 1.46. The second-order valence-corrected chi connectivity index (χ2v) is 6.24. The number of fused-ring (bicyclic) bond motifs is 1. The van der Waals surface area contributed by atoms with Gasteiger partial charge in [0.05, 0.1) is 7.11 Å². The molecule has 2 N–H and O–H groups in total. The van der Waals surface area contributed by atoms with Crippen molar-refractivity contribution in [3.05, 3.63) is 59.7 Å². The minimum Gasteiger partial charge on any atom is -0.497 e. The van der Waals surface area contributed by atoms with E-state index in [4.69, 9.17) is 14.2 Å². The molecule has 146 valence electrons. The highest BCUT2D eigenvalue weighted by Crippen LogP contribution is 2.32. The lowest BCUT2D eigenvalue weighted by molar-refractivity contribution is -0.126. The summed E-state index contributed by atoms with van der Waals surface area (Å²) in [6, 6.07) is 12.1. The van der Waals surface area contributed by atoms with Crippen LogP contribution in [0.3, 0.4) is 0 Å². The van der Waals surface area contributed by atoms with E-state index in [9.17, 15) is 9.59 Å². The number of methoxy groups -OCH3 is 1. The molecule has 7 heteroatoms. The highest BCUT2D eigenvalue weighted by Gasteiger charge is 2.16. The van der Waals surface area contributed by atoms with E-state index in [1.165, 1.54) is 6.08 Å². The van der Waals surface area contributed by atoms with E-state index in [0.29, 0.717) is 18.0 Å². The molecule has 2 amide bonds. The third kappa shape index (κ3) is 5.03. The number of nitrogens with one attached hydrogen (secondary N) is 2. The number of rotatable bonds is 7. The molecule has 0 fully saturated rings. The van der Waals surface area contributed by atoms with Crippen LogP contribution in [0.2, 0.25) is 0 Å². The quantitative estimate of drug-likeness (QED) is 0.718. The maximum Gasteiger partial charge on any atom is 0.244 e. The fraction of sp³-hybridized carbons (Fsp3) is 0.238. The second kappa shape index (κ2) is 8.94. The average Bonchev–Trinajstić information content (AvgIpc) is 3.18. The van der Waals surface area contributed by atoms with Crippen LogP contribution >= 0.6 is 0 Å². The predicted molar refractivity (Wildman–Crippen MR) is 104 cm³/mol. The largest absolute Gasteiger partial charge is 0.497 e. The Bertz CT molecular complexity index is 877. The van der Waals surface area contributed by atoms with Gasteiger partial charge in [-0.2, -0.15) is 0 Å². The Kier molecular flexibility index (Phi) is 6.16. The average molecular weight is 382 g/mol. The van der Waals surface area contributed by atoms with E-state index >= 15 is 0 Å². The van der Waals surface area contributed by atoms with Crippen LogP contribution in [-0.2, 0) is 16.1 Å². The van der Waals surface area contributed by atoms with E-state index in [-0.39, 0.29) is 18.6 Å². The van der Waals surface area contributed by atoms with Crippen molar-refractivity contribution in [3.8, 4) is 17.2 Å². The molecule has 0 saturated carbocycles. The maximum absolute atomic E-state index is 12.2. The number of carbonyl (C=O) groups is 2. The molecule has 0 saturated heterocycles. The Morgan fingerprint density at radius 3 is 2.64 bits per heavy atom. The van der Waals surface area contributed by atoms with Gasteiger partial charge in [-0.1, -0.05) is 18.2 Å². The predicted octanol–water partition coefficient (Wildman–Crippen LogP) is 2.26. The molecule has 7 nitrogen and oxygen atoms in total. The first-order chi connectivity index (χ1) is 13.5. The maximum atomic E-state index is 12.2. The first-order valence-corrected chi connectivity index (χ1v) is 8.84. The molecule has 28 heavy (non-hydrogen) atoms. The van der Waals surface area contributed by atoms with Gasteiger partial charge in [0.25, 0.3) is 0 Å². The number of carbonyl (C=O) groups excluding carboxylic acids is 2. The number of hydrogen-bond donors (Lipinski definition) is 2. The lowest BCUT2D eigenvalue weighted by atomic mass is 10.2. The fourth-order valence-corrected chi connectivity index (χ4v) is 2.61. The van der Waals surface area contributed by atoms with Gasteiger partial charge in [-0.3, -0.25) is 9.59 Å². The van der Waals surface area contributed by atoms with Crippen molar-refractivity contribution in [1.29, 1.82) is 0 Å². The SMILES string of the molecule is COc1ccc(/C=C/C(=O)NC(C)C(=O)NCc2ccc3c(c2)OCO3)cc1. The standard InChI is InChI=1S/C21H22N2O5/c1-14(23-20(24)10-6-15-3-7-17(26-2)8-4-15)21(25)22-12-16-5-9-18-19(11-16)28-13-27-18/h3-11,14H,12-13H2,1-2H3,(H,22,25)(H,23,24)/b10-6+. The summed E-state index contributed by atoms with van der Waals surface area (Å²) >= 11 is 0. The summed E-state index contributed by atoms with van der Waals surface area (Å²) in [6.07, 6.45) is 3.06. The Labute approximate surface area is 163 Å². The van der Waals surface area contributed by atoms with Crippen LogP contribution in [-0.4, -0.2) is 31.8 Å². The molecular formula is C21H22N2O5. The summed E-state index contributed by atoms with van der Waals surface area (Å²) in [7, 11) is 1.59. The summed E-state index contributed by atoms with van der Waals surface area (Å²) in [4.78, 5) is 24.2. The van der Waals surface area contributed by atoms with Crippen LogP contribution < -0.4 is 24.8 Å². The van der Waals surface area contributed by atoms with Crippen LogP contribution in [0.25, 0.3) is 6.08 Å². The molecule has 1 heterocycles. The van der Waals surface area contributed by atoms with Crippen LogP contribution in [0.4, 0.5) is 0 Å². The summed E-state index contributed by atoms with van der Waals surface area (Å²) in [6.45, 7) is 2.17. The summed E-state index contributed by atoms with van der Waals surface area (Å²) in [5, 5.41) is 5.44. The molecule has 1 atom stereocenters. The van der Waals surface area contributed by atoms with Crippen LogP contribution in [0.5, 0.6) is 17.2 Å². The van der Waals surface area contributed by atoms with Crippen molar-refractivity contribution < 1.29 is 23.8 Å². The molecule has 2 aromatic carbocycles. The smallest absolute Gasteiger partial charge is 0.244 e. The van der Waals surface area contributed by atoms with Gasteiger partial charge in [-0.15, -0.1) is 0 Å². The van der Waals surface area contributed by atoms with Gasteiger partial charge in [-0.25, -0.2) is 0 Å². The zero-order valence-corrected chi connectivity index (χ0v) is 15.7. The summed E-state index contributed by atoms with van der Waals surface area (Å²) in [5.41, 5.74) is 1.74. The third-order valence-electron chi connectivity index (χ3n) is 4.20. The number of amides is 2. The molecule has 2 aromatic rings. The first kappa shape index (κ1) is 19.3. The molecule has 1 unspecified atom stereocenters. The number of benzene rings is 2. The Hall–Kier alpha value is -3.48. The van der Waals surface area contributed by atoms with Crippen molar-refractivity contribution in [2.75, 3.05) is 13.9 Å². The molecule has 0 spiro atoms. The van der Waals surface area contributed by atoms with Crippen molar-refractivity contribution in [1.82, 2.24) is 10.6 Å². The molecule has 1 aliphatic heterocycles. The van der Waals surface area contributed by atoms with Crippen LogP contribution in [0, 0.1) is 0 Å². The molecule has 0 radical (unpaired) electrons. The van der Waals surface area contributed by atoms with Gasteiger partial charge in [-0.05, 0) is 48.4 Å². The second-order valence-electron chi connectivity index (χ2n) is 6.24. The van der Waals surface area contributed by atoms with E-state index in [1.807, 2.05) is 36.4 Å². The lowest BCUT2D eigenvalue weighted by Crippen LogP contribution is -2.44. The first-order valence-electron chi connectivity index (χ1n) is 8.84. The minimum atomic E-state index is -0.665. The highest BCUT2D eigenvalue weighted by molar-refractivity contribution is 5.95. The molecule has 0 bridgehead atoms.